The second-order valence-corrected chi connectivity index (χ2v) is 22.7. The van der Waals surface area contributed by atoms with Crippen LogP contribution in [0.2, 0.25) is 0 Å². The van der Waals surface area contributed by atoms with Gasteiger partial charge in [-0.25, -0.2) is 0 Å². The summed E-state index contributed by atoms with van der Waals surface area (Å²) in [6, 6.07) is 91.5. The Morgan fingerprint density at radius 2 is 0.705 bits per heavy atom. The Balaban J connectivity index is 0.778. The maximum Gasteiger partial charge on any atom is 0.0468 e. The normalized spacial score (nSPS) is 16.9. The van der Waals surface area contributed by atoms with Gasteiger partial charge in [0.25, 0.3) is 0 Å². The van der Waals surface area contributed by atoms with Crippen LogP contribution in [-0.4, -0.2) is 0 Å². The van der Waals surface area contributed by atoms with E-state index in [-0.39, 0.29) is 10.8 Å². The zero-order chi connectivity index (χ0) is 51.6. The number of rotatable bonds is 10. The van der Waals surface area contributed by atoms with Crippen LogP contribution in [-0.2, 0) is 10.8 Å². The van der Waals surface area contributed by atoms with Gasteiger partial charge in [-0.05, 0) is 188 Å². The molecule has 0 saturated heterocycles. The minimum Gasteiger partial charge on any atom is -0.311 e. The summed E-state index contributed by atoms with van der Waals surface area (Å²) in [5.41, 5.74) is 27.7. The summed E-state index contributed by atoms with van der Waals surface area (Å²) >= 11 is 0. The predicted octanol–water partition coefficient (Wildman–Crippen LogP) is 20.8. The number of allylic oxidation sites excluding steroid dienone is 4. The van der Waals surface area contributed by atoms with Crippen LogP contribution in [0.1, 0.15) is 97.1 Å². The van der Waals surface area contributed by atoms with E-state index in [2.05, 4.69) is 271 Å². The number of hydrogen-bond donors (Lipinski definition) is 0. The van der Waals surface area contributed by atoms with Gasteiger partial charge in [-0.1, -0.05) is 214 Å². The molecule has 2 saturated carbocycles. The largest absolute Gasteiger partial charge is 0.311 e. The highest BCUT2D eigenvalue weighted by Crippen LogP contribution is 2.60. The zero-order valence-electron chi connectivity index (χ0n) is 44.2. The minimum absolute atomic E-state index is 0.0807. The summed E-state index contributed by atoms with van der Waals surface area (Å²) in [6.45, 7) is 0. The lowest BCUT2D eigenvalue weighted by molar-refractivity contribution is 0.550. The molecule has 10 aromatic carbocycles. The average Bonchev–Trinajstić information content (AvgIpc) is 4.34. The molecule has 78 heavy (non-hydrogen) atoms. The van der Waals surface area contributed by atoms with Crippen molar-refractivity contribution in [2.75, 3.05) is 9.80 Å². The van der Waals surface area contributed by atoms with E-state index < -0.39 is 0 Å². The van der Waals surface area contributed by atoms with Gasteiger partial charge in [0, 0.05) is 50.9 Å². The maximum absolute atomic E-state index is 2.56. The summed E-state index contributed by atoms with van der Waals surface area (Å²) in [4.78, 5) is 4.93. The SMILES string of the molecule is C1=CC(c2ccccc2)CC(c2ccc(N(c3ccc(-c4ccccc4)cc3)c3ccc(-c4ccc(N(c5ccc6c(c5)-c5ccccc5C65CCCC5)c5ccc6c(c5)C5(CCCC5)c5ccccc5-6)cc4)cc3)cc2)=C1. The summed E-state index contributed by atoms with van der Waals surface area (Å²) in [7, 11) is 0. The van der Waals surface area contributed by atoms with Crippen molar-refractivity contribution in [1.29, 1.82) is 0 Å². The molecule has 2 nitrogen and oxygen atoms in total. The number of hydrogen-bond acceptors (Lipinski definition) is 2. The Kier molecular flexibility index (Phi) is 11.4. The zero-order valence-corrected chi connectivity index (χ0v) is 44.2. The number of nitrogens with zero attached hydrogens (tertiary/aromatic N) is 2. The molecule has 5 aliphatic rings. The van der Waals surface area contributed by atoms with Gasteiger partial charge in [-0.3, -0.25) is 0 Å². The number of benzene rings is 10. The summed E-state index contributed by atoms with van der Waals surface area (Å²) < 4.78 is 0. The highest BCUT2D eigenvalue weighted by atomic mass is 15.1. The first-order valence-corrected chi connectivity index (χ1v) is 28.6. The van der Waals surface area contributed by atoms with Crippen molar-refractivity contribution >= 4 is 39.7 Å². The highest BCUT2D eigenvalue weighted by molar-refractivity contribution is 5.90. The van der Waals surface area contributed by atoms with E-state index in [1.165, 1.54) is 146 Å². The molecule has 5 aliphatic carbocycles. The van der Waals surface area contributed by atoms with Crippen LogP contribution in [0.3, 0.4) is 0 Å². The van der Waals surface area contributed by atoms with Crippen molar-refractivity contribution in [1.82, 2.24) is 0 Å². The first kappa shape index (κ1) is 46.6. The van der Waals surface area contributed by atoms with Crippen molar-refractivity contribution in [3.63, 3.8) is 0 Å². The minimum atomic E-state index is 0.0807. The molecule has 10 aromatic rings. The van der Waals surface area contributed by atoms with E-state index in [9.17, 15) is 0 Å². The third-order valence-corrected chi connectivity index (χ3v) is 18.6. The molecule has 2 heteroatoms. The van der Waals surface area contributed by atoms with Crippen molar-refractivity contribution in [3.8, 4) is 44.5 Å². The molecular weight excluding hydrogens is 941 g/mol. The molecule has 2 fully saturated rings. The topological polar surface area (TPSA) is 6.48 Å². The molecule has 2 spiro atoms. The molecule has 15 rings (SSSR count). The molecule has 1 atom stereocenters. The average molecular weight is 1000 g/mol. The number of anilines is 6. The fraction of sp³-hybridized carbons (Fsp3) is 0.158. The quantitative estimate of drug-likeness (QED) is 0.135. The molecule has 0 aromatic heterocycles. The second kappa shape index (κ2) is 19.1. The molecule has 0 aliphatic heterocycles. The van der Waals surface area contributed by atoms with Crippen molar-refractivity contribution in [2.24, 2.45) is 0 Å². The van der Waals surface area contributed by atoms with Gasteiger partial charge < -0.3 is 9.80 Å². The Bertz CT molecular complexity index is 3910. The van der Waals surface area contributed by atoms with Gasteiger partial charge in [0.05, 0.1) is 0 Å². The van der Waals surface area contributed by atoms with Crippen LogP contribution in [0.4, 0.5) is 34.1 Å². The summed E-state index contributed by atoms with van der Waals surface area (Å²) in [5, 5.41) is 0. The Morgan fingerprint density at radius 3 is 1.27 bits per heavy atom. The first-order chi connectivity index (χ1) is 38.6. The van der Waals surface area contributed by atoms with E-state index in [1.807, 2.05) is 0 Å². The van der Waals surface area contributed by atoms with E-state index in [1.54, 1.807) is 0 Å². The van der Waals surface area contributed by atoms with Gasteiger partial charge in [0.1, 0.15) is 0 Å². The third-order valence-electron chi connectivity index (χ3n) is 18.6. The van der Waals surface area contributed by atoms with Gasteiger partial charge in [0.2, 0.25) is 0 Å². The van der Waals surface area contributed by atoms with E-state index in [4.69, 9.17) is 0 Å². The number of fused-ring (bicyclic) bond motifs is 10. The highest BCUT2D eigenvalue weighted by Gasteiger charge is 2.46. The van der Waals surface area contributed by atoms with Crippen LogP contribution in [0.5, 0.6) is 0 Å². The smallest absolute Gasteiger partial charge is 0.0468 e. The predicted molar refractivity (Wildman–Crippen MR) is 327 cm³/mol. The second-order valence-electron chi connectivity index (χ2n) is 22.7. The van der Waals surface area contributed by atoms with Gasteiger partial charge >= 0.3 is 0 Å². The fourth-order valence-electron chi connectivity index (χ4n) is 14.8. The Hall–Kier alpha value is -8.72. The lowest BCUT2D eigenvalue weighted by Gasteiger charge is -2.31. The van der Waals surface area contributed by atoms with Crippen molar-refractivity contribution in [3.05, 3.63) is 294 Å². The van der Waals surface area contributed by atoms with Crippen molar-refractivity contribution < 1.29 is 0 Å². The molecule has 376 valence electrons. The molecule has 0 N–H and O–H groups in total. The van der Waals surface area contributed by atoms with Crippen molar-refractivity contribution in [2.45, 2.75) is 74.5 Å². The van der Waals surface area contributed by atoms with Gasteiger partial charge in [-0.2, -0.15) is 0 Å². The fourth-order valence-corrected chi connectivity index (χ4v) is 14.8. The van der Waals surface area contributed by atoms with E-state index in [0.29, 0.717) is 5.92 Å². The molecule has 0 radical (unpaired) electrons. The lowest BCUT2D eigenvalue weighted by Crippen LogP contribution is -2.21. The molecule has 0 bridgehead atoms. The molecule has 1 unspecified atom stereocenters. The summed E-state index contributed by atoms with van der Waals surface area (Å²) in [5.74, 6) is 0.374. The van der Waals surface area contributed by atoms with Crippen LogP contribution < -0.4 is 9.80 Å². The van der Waals surface area contributed by atoms with Gasteiger partial charge in [0.15, 0.2) is 0 Å². The summed E-state index contributed by atoms with van der Waals surface area (Å²) in [6.07, 6.45) is 17.8. The van der Waals surface area contributed by atoms with Crippen LogP contribution >= 0.6 is 0 Å². The van der Waals surface area contributed by atoms with Crippen LogP contribution in [0.25, 0.3) is 50.1 Å². The maximum atomic E-state index is 2.56. The molecular formula is C76H62N2. The first-order valence-electron chi connectivity index (χ1n) is 28.6. The lowest BCUT2D eigenvalue weighted by atomic mass is 9.76. The third kappa shape index (κ3) is 7.75. The van der Waals surface area contributed by atoms with E-state index in [0.717, 1.165) is 29.2 Å². The van der Waals surface area contributed by atoms with Crippen LogP contribution in [0.15, 0.2) is 261 Å². The Labute approximate surface area is 460 Å². The monoisotopic (exact) mass is 1000 g/mol. The molecule has 0 heterocycles. The molecule has 0 amide bonds. The van der Waals surface area contributed by atoms with E-state index >= 15 is 0 Å². The Morgan fingerprint density at radius 1 is 0.308 bits per heavy atom. The standard InChI is InChI=1S/C76H62N2/c1-3-16-53(17-4-1)55-26-34-61(35-27-55)77(63-40-32-58(33-41-63)60-21-15-20-59(50-60)54-18-5-2-6-19-54)62-36-28-56(29-37-62)57-30-38-64(39-31-57)78(65-43-45-73-70(51-65)68-23-8-10-25-72(68)75(73)46-11-12-47-75)66-42-44-69-67-22-7-9-24-71(67)76(74(69)52-66)48-13-14-49-76/h1-10,15-45,51-52,59H,11-14,46-50H2. The van der Waals surface area contributed by atoms with Gasteiger partial charge in [-0.15, -0.1) is 0 Å². The van der Waals surface area contributed by atoms with Crippen LogP contribution in [0, 0.1) is 0 Å².